The van der Waals surface area contributed by atoms with E-state index in [9.17, 15) is 0 Å². The van der Waals surface area contributed by atoms with Gasteiger partial charge in [-0.15, -0.1) is 0 Å². The van der Waals surface area contributed by atoms with Crippen molar-refractivity contribution >= 4 is 0 Å². The first-order valence-corrected chi connectivity index (χ1v) is 6.44. The van der Waals surface area contributed by atoms with E-state index in [4.69, 9.17) is 0 Å². The normalized spacial score (nSPS) is 12.7. The summed E-state index contributed by atoms with van der Waals surface area (Å²) >= 11 is 0. The van der Waals surface area contributed by atoms with Gasteiger partial charge in [0.25, 0.3) is 0 Å². The van der Waals surface area contributed by atoms with Crippen LogP contribution in [0.1, 0.15) is 35.3 Å². The molecule has 96 valence electrons. The fourth-order valence-corrected chi connectivity index (χ4v) is 2.58. The van der Waals surface area contributed by atoms with E-state index in [-0.39, 0.29) is 6.04 Å². The van der Waals surface area contributed by atoms with E-state index in [1.807, 2.05) is 17.9 Å². The van der Waals surface area contributed by atoms with Gasteiger partial charge in [-0.05, 0) is 50.6 Å². The van der Waals surface area contributed by atoms with Crippen LogP contribution in [0.2, 0.25) is 0 Å². The average molecular weight is 243 g/mol. The third-order valence-electron chi connectivity index (χ3n) is 3.46. The minimum absolute atomic E-state index is 0.202. The quantitative estimate of drug-likeness (QED) is 0.895. The Morgan fingerprint density at radius 1 is 1.22 bits per heavy atom. The van der Waals surface area contributed by atoms with Gasteiger partial charge in [0.1, 0.15) is 0 Å². The summed E-state index contributed by atoms with van der Waals surface area (Å²) in [7, 11) is 2.00. The highest BCUT2D eigenvalue weighted by atomic mass is 15.3. The van der Waals surface area contributed by atoms with Crippen LogP contribution in [0.15, 0.2) is 30.5 Å². The molecule has 2 rings (SSSR count). The van der Waals surface area contributed by atoms with Gasteiger partial charge in [0.15, 0.2) is 0 Å². The van der Waals surface area contributed by atoms with Gasteiger partial charge < -0.3 is 5.32 Å². The number of nitrogens with one attached hydrogen (secondary N) is 1. The Kier molecular flexibility index (Phi) is 3.82. The van der Waals surface area contributed by atoms with Gasteiger partial charge in [-0.2, -0.15) is 5.10 Å². The van der Waals surface area contributed by atoms with Crippen LogP contribution in [0.3, 0.4) is 0 Å². The maximum absolute atomic E-state index is 4.37. The maximum atomic E-state index is 4.37. The van der Waals surface area contributed by atoms with Crippen molar-refractivity contribution in [3.8, 4) is 0 Å². The second kappa shape index (κ2) is 5.36. The number of nitrogens with zero attached hydrogens (tertiary/aromatic N) is 2. The standard InChI is InChI=1S/C15H21N3/c1-5-18-13(9-10-17-18)15(16-4)14-11(2)7-6-8-12(14)3/h6-10,15-16H,5H2,1-4H3. The number of aromatic nitrogens is 2. The summed E-state index contributed by atoms with van der Waals surface area (Å²) in [6.45, 7) is 7.35. The Balaban J connectivity index is 2.52. The van der Waals surface area contributed by atoms with Crippen LogP contribution in [0.25, 0.3) is 0 Å². The Bertz CT molecular complexity index is 508. The van der Waals surface area contributed by atoms with E-state index in [2.05, 4.69) is 55.5 Å². The first-order chi connectivity index (χ1) is 8.69. The van der Waals surface area contributed by atoms with Gasteiger partial charge in [-0.3, -0.25) is 4.68 Å². The summed E-state index contributed by atoms with van der Waals surface area (Å²) in [5, 5.41) is 7.78. The zero-order valence-electron chi connectivity index (χ0n) is 11.6. The minimum atomic E-state index is 0.202. The number of rotatable bonds is 4. The van der Waals surface area contributed by atoms with Crippen molar-refractivity contribution in [2.45, 2.75) is 33.4 Å². The van der Waals surface area contributed by atoms with E-state index in [1.54, 1.807) is 0 Å². The first-order valence-electron chi connectivity index (χ1n) is 6.44. The monoisotopic (exact) mass is 243 g/mol. The number of aryl methyl sites for hydroxylation is 3. The van der Waals surface area contributed by atoms with Crippen molar-refractivity contribution in [2.75, 3.05) is 7.05 Å². The van der Waals surface area contributed by atoms with Crippen LogP contribution in [0.5, 0.6) is 0 Å². The van der Waals surface area contributed by atoms with Crippen LogP contribution < -0.4 is 5.32 Å². The largest absolute Gasteiger partial charge is 0.308 e. The second-order valence-electron chi connectivity index (χ2n) is 4.60. The summed E-state index contributed by atoms with van der Waals surface area (Å²) in [5.41, 5.74) is 5.21. The van der Waals surface area contributed by atoms with Gasteiger partial charge in [-0.1, -0.05) is 18.2 Å². The summed E-state index contributed by atoms with van der Waals surface area (Å²) < 4.78 is 2.05. The molecule has 3 heteroatoms. The third-order valence-corrected chi connectivity index (χ3v) is 3.46. The van der Waals surface area contributed by atoms with E-state index in [1.165, 1.54) is 22.4 Å². The topological polar surface area (TPSA) is 29.9 Å². The molecule has 1 aromatic heterocycles. The molecular formula is C15H21N3. The van der Waals surface area contributed by atoms with Crippen LogP contribution in [0, 0.1) is 13.8 Å². The molecule has 2 aromatic rings. The van der Waals surface area contributed by atoms with Crippen molar-refractivity contribution in [1.29, 1.82) is 0 Å². The fourth-order valence-electron chi connectivity index (χ4n) is 2.58. The summed E-state index contributed by atoms with van der Waals surface area (Å²) in [4.78, 5) is 0. The highest BCUT2D eigenvalue weighted by Crippen LogP contribution is 2.27. The van der Waals surface area contributed by atoms with Gasteiger partial charge in [0.2, 0.25) is 0 Å². The maximum Gasteiger partial charge on any atom is 0.0750 e. The summed E-state index contributed by atoms with van der Waals surface area (Å²) in [6, 6.07) is 8.74. The van der Waals surface area contributed by atoms with Crippen LogP contribution >= 0.6 is 0 Å². The highest BCUT2D eigenvalue weighted by Gasteiger charge is 2.19. The lowest BCUT2D eigenvalue weighted by Crippen LogP contribution is -2.23. The minimum Gasteiger partial charge on any atom is -0.308 e. The van der Waals surface area contributed by atoms with Gasteiger partial charge in [-0.25, -0.2) is 0 Å². The Hall–Kier alpha value is -1.61. The SMILES string of the molecule is CCn1nccc1C(NC)c1c(C)cccc1C. The lowest BCUT2D eigenvalue weighted by Gasteiger charge is -2.22. The molecule has 0 spiro atoms. The van der Waals surface area contributed by atoms with Crippen molar-refractivity contribution < 1.29 is 0 Å². The lowest BCUT2D eigenvalue weighted by molar-refractivity contribution is 0.560. The van der Waals surface area contributed by atoms with Crippen LogP contribution in [-0.2, 0) is 6.54 Å². The predicted molar refractivity (Wildman–Crippen MR) is 74.7 cm³/mol. The zero-order chi connectivity index (χ0) is 13.1. The predicted octanol–water partition coefficient (Wildman–Crippen LogP) is 2.83. The van der Waals surface area contributed by atoms with Crippen molar-refractivity contribution in [2.24, 2.45) is 0 Å². The molecular weight excluding hydrogens is 222 g/mol. The van der Waals surface area contributed by atoms with Crippen molar-refractivity contribution in [1.82, 2.24) is 15.1 Å². The van der Waals surface area contributed by atoms with E-state index < -0.39 is 0 Å². The molecule has 1 aromatic carbocycles. The molecule has 0 aliphatic rings. The highest BCUT2D eigenvalue weighted by molar-refractivity contribution is 5.40. The molecule has 0 amide bonds. The lowest BCUT2D eigenvalue weighted by atomic mass is 9.94. The number of hydrogen-bond donors (Lipinski definition) is 1. The molecule has 0 aliphatic heterocycles. The van der Waals surface area contributed by atoms with E-state index in [0.29, 0.717) is 0 Å². The number of benzene rings is 1. The summed E-state index contributed by atoms with van der Waals surface area (Å²) in [6.07, 6.45) is 1.87. The summed E-state index contributed by atoms with van der Waals surface area (Å²) in [5.74, 6) is 0. The molecule has 18 heavy (non-hydrogen) atoms. The van der Waals surface area contributed by atoms with Gasteiger partial charge in [0.05, 0.1) is 11.7 Å². The molecule has 0 radical (unpaired) electrons. The average Bonchev–Trinajstić information content (AvgIpc) is 2.82. The molecule has 1 atom stereocenters. The third kappa shape index (κ3) is 2.18. The Labute approximate surface area is 109 Å². The van der Waals surface area contributed by atoms with Crippen LogP contribution in [-0.4, -0.2) is 16.8 Å². The fraction of sp³-hybridized carbons (Fsp3) is 0.400. The molecule has 1 N–H and O–H groups in total. The van der Waals surface area contributed by atoms with Crippen LogP contribution in [0.4, 0.5) is 0 Å². The van der Waals surface area contributed by atoms with Crippen molar-refractivity contribution in [3.05, 3.63) is 52.8 Å². The first kappa shape index (κ1) is 12.8. The molecule has 0 aliphatic carbocycles. The zero-order valence-corrected chi connectivity index (χ0v) is 11.6. The molecule has 3 nitrogen and oxygen atoms in total. The smallest absolute Gasteiger partial charge is 0.0750 e. The molecule has 0 bridgehead atoms. The molecule has 1 unspecified atom stereocenters. The Morgan fingerprint density at radius 2 is 1.89 bits per heavy atom. The number of hydrogen-bond acceptors (Lipinski definition) is 2. The molecule has 0 saturated carbocycles. The molecule has 1 heterocycles. The van der Waals surface area contributed by atoms with Crippen molar-refractivity contribution in [3.63, 3.8) is 0 Å². The van der Waals surface area contributed by atoms with E-state index >= 15 is 0 Å². The molecule has 0 saturated heterocycles. The Morgan fingerprint density at radius 3 is 2.44 bits per heavy atom. The van der Waals surface area contributed by atoms with Gasteiger partial charge >= 0.3 is 0 Å². The van der Waals surface area contributed by atoms with Gasteiger partial charge in [0, 0.05) is 12.7 Å². The second-order valence-corrected chi connectivity index (χ2v) is 4.60. The molecule has 0 fully saturated rings. The van der Waals surface area contributed by atoms with E-state index in [0.717, 1.165) is 6.54 Å².